The van der Waals surface area contributed by atoms with Crippen LogP contribution < -0.4 is 5.73 Å². The topological polar surface area (TPSA) is 29.3 Å². The summed E-state index contributed by atoms with van der Waals surface area (Å²) in [6, 6.07) is 2.20. The molecule has 1 aliphatic heterocycles. The first-order valence-electron chi connectivity index (χ1n) is 5.40. The lowest BCUT2D eigenvalue weighted by Crippen LogP contribution is -2.37. The number of nitrogens with zero attached hydrogens (tertiary/aromatic N) is 1. The molecule has 88 valence electrons. The second-order valence-electron chi connectivity index (χ2n) is 4.18. The second kappa shape index (κ2) is 5.58. The Morgan fingerprint density at radius 1 is 1.56 bits per heavy atom. The van der Waals surface area contributed by atoms with Crippen molar-refractivity contribution in [3.8, 4) is 0 Å². The zero-order valence-electron chi connectivity index (χ0n) is 8.99. The summed E-state index contributed by atoms with van der Waals surface area (Å²) in [4.78, 5) is 4.59. The van der Waals surface area contributed by atoms with Crippen molar-refractivity contribution in [3.63, 3.8) is 0 Å². The molecule has 1 aromatic heterocycles. The lowest BCUT2D eigenvalue weighted by Gasteiger charge is -2.30. The highest BCUT2D eigenvalue weighted by Gasteiger charge is 2.21. The van der Waals surface area contributed by atoms with Gasteiger partial charge in [-0.3, -0.25) is 4.90 Å². The van der Waals surface area contributed by atoms with Crippen LogP contribution in [-0.4, -0.2) is 23.0 Å². The smallest absolute Gasteiger partial charge is 0.0759 e. The molecular formula is C11H15BrN2S2. The van der Waals surface area contributed by atoms with Crippen molar-refractivity contribution in [2.24, 2.45) is 11.7 Å². The van der Waals surface area contributed by atoms with Crippen LogP contribution >= 0.6 is 39.5 Å². The molecule has 0 aliphatic carbocycles. The molecule has 0 saturated carbocycles. The zero-order chi connectivity index (χ0) is 11.5. The molecule has 0 amide bonds. The van der Waals surface area contributed by atoms with Crippen LogP contribution in [0.1, 0.15) is 17.7 Å². The zero-order valence-corrected chi connectivity index (χ0v) is 12.2. The SMILES string of the molecule is NC(=S)C1CCN(Cc2cc(Br)cs2)CC1. The van der Waals surface area contributed by atoms with Gasteiger partial charge in [0.1, 0.15) is 0 Å². The monoisotopic (exact) mass is 318 g/mol. The maximum absolute atomic E-state index is 5.68. The molecule has 0 atom stereocenters. The molecule has 0 radical (unpaired) electrons. The van der Waals surface area contributed by atoms with Crippen LogP contribution in [0.4, 0.5) is 0 Å². The van der Waals surface area contributed by atoms with Crippen LogP contribution in [0.5, 0.6) is 0 Å². The molecular weight excluding hydrogens is 304 g/mol. The third-order valence-electron chi connectivity index (χ3n) is 2.99. The van der Waals surface area contributed by atoms with E-state index in [0.717, 1.165) is 32.5 Å². The molecule has 0 unspecified atom stereocenters. The number of piperidine rings is 1. The Hall–Kier alpha value is 0.0300. The molecule has 1 aromatic rings. The lowest BCUT2D eigenvalue weighted by atomic mass is 9.97. The quantitative estimate of drug-likeness (QED) is 0.869. The molecule has 1 saturated heterocycles. The van der Waals surface area contributed by atoms with E-state index < -0.39 is 0 Å². The van der Waals surface area contributed by atoms with Crippen molar-refractivity contribution in [1.29, 1.82) is 0 Å². The maximum Gasteiger partial charge on any atom is 0.0759 e. The van der Waals surface area contributed by atoms with E-state index in [4.69, 9.17) is 18.0 Å². The fourth-order valence-electron chi connectivity index (χ4n) is 2.03. The minimum Gasteiger partial charge on any atom is -0.393 e. The standard InChI is InChI=1S/C11H15BrN2S2/c12-9-5-10(16-7-9)6-14-3-1-8(2-4-14)11(13)15/h5,7-8H,1-4,6H2,(H2,13,15). The molecule has 2 rings (SSSR count). The highest BCUT2D eigenvalue weighted by Crippen LogP contribution is 2.24. The van der Waals surface area contributed by atoms with E-state index in [2.05, 4.69) is 32.3 Å². The van der Waals surface area contributed by atoms with Gasteiger partial charge in [-0.25, -0.2) is 0 Å². The van der Waals surface area contributed by atoms with E-state index in [1.54, 1.807) is 0 Å². The van der Waals surface area contributed by atoms with E-state index >= 15 is 0 Å². The minimum absolute atomic E-state index is 0.460. The minimum atomic E-state index is 0.460. The van der Waals surface area contributed by atoms with E-state index in [1.807, 2.05) is 11.3 Å². The number of hydrogen-bond acceptors (Lipinski definition) is 3. The van der Waals surface area contributed by atoms with E-state index in [9.17, 15) is 0 Å². The summed E-state index contributed by atoms with van der Waals surface area (Å²) in [6.45, 7) is 3.27. The first-order valence-corrected chi connectivity index (χ1v) is 7.48. The van der Waals surface area contributed by atoms with Gasteiger partial charge in [-0.2, -0.15) is 0 Å². The predicted molar refractivity (Wildman–Crippen MR) is 76.8 cm³/mol. The summed E-state index contributed by atoms with van der Waals surface area (Å²) < 4.78 is 1.19. The highest BCUT2D eigenvalue weighted by atomic mass is 79.9. The first-order chi connectivity index (χ1) is 7.65. The Morgan fingerprint density at radius 3 is 2.75 bits per heavy atom. The average molecular weight is 319 g/mol. The van der Waals surface area contributed by atoms with Gasteiger partial charge in [-0.1, -0.05) is 12.2 Å². The molecule has 5 heteroatoms. The van der Waals surface area contributed by atoms with Crippen molar-refractivity contribution >= 4 is 44.5 Å². The van der Waals surface area contributed by atoms with Gasteiger partial charge in [-0.15, -0.1) is 11.3 Å². The van der Waals surface area contributed by atoms with Gasteiger partial charge >= 0.3 is 0 Å². The number of halogens is 1. The van der Waals surface area contributed by atoms with Crippen molar-refractivity contribution in [2.75, 3.05) is 13.1 Å². The third-order valence-corrected chi connectivity index (χ3v) is 5.01. The van der Waals surface area contributed by atoms with E-state index in [-0.39, 0.29) is 0 Å². The molecule has 1 aliphatic rings. The van der Waals surface area contributed by atoms with Gasteiger partial charge in [0.05, 0.1) is 4.99 Å². The van der Waals surface area contributed by atoms with Crippen molar-refractivity contribution in [1.82, 2.24) is 4.90 Å². The Labute approximate surface area is 114 Å². The van der Waals surface area contributed by atoms with Crippen molar-refractivity contribution < 1.29 is 0 Å². The fourth-order valence-corrected chi connectivity index (χ4v) is 3.76. The maximum atomic E-state index is 5.68. The predicted octanol–water partition coefficient (Wildman–Crippen LogP) is 3.01. The Morgan fingerprint density at radius 2 is 2.25 bits per heavy atom. The largest absolute Gasteiger partial charge is 0.393 e. The molecule has 16 heavy (non-hydrogen) atoms. The van der Waals surface area contributed by atoms with Gasteiger partial charge in [0.2, 0.25) is 0 Å². The van der Waals surface area contributed by atoms with Gasteiger partial charge in [0, 0.05) is 27.2 Å². The molecule has 0 aromatic carbocycles. The van der Waals surface area contributed by atoms with E-state index in [0.29, 0.717) is 10.9 Å². The molecule has 1 fully saturated rings. The first kappa shape index (κ1) is 12.5. The number of likely N-dealkylation sites (tertiary alicyclic amines) is 1. The molecule has 2 nitrogen and oxygen atoms in total. The number of hydrogen-bond donors (Lipinski definition) is 1. The Bertz CT molecular complexity index is 370. The van der Waals surface area contributed by atoms with Crippen LogP contribution in [0.3, 0.4) is 0 Å². The van der Waals surface area contributed by atoms with Crippen LogP contribution in [0.2, 0.25) is 0 Å². The number of thiocarbonyl (C=S) groups is 1. The average Bonchev–Trinajstić information content (AvgIpc) is 2.65. The molecule has 2 N–H and O–H groups in total. The van der Waals surface area contributed by atoms with Gasteiger partial charge in [0.15, 0.2) is 0 Å². The summed E-state index contributed by atoms with van der Waals surface area (Å²) in [5, 5.41) is 2.14. The number of thiophene rings is 1. The summed E-state index contributed by atoms with van der Waals surface area (Å²) in [5.41, 5.74) is 5.68. The molecule has 0 bridgehead atoms. The summed E-state index contributed by atoms with van der Waals surface area (Å²) >= 11 is 10.3. The van der Waals surface area contributed by atoms with Crippen LogP contribution in [-0.2, 0) is 6.54 Å². The Balaban J connectivity index is 1.83. The van der Waals surface area contributed by atoms with Gasteiger partial charge in [0.25, 0.3) is 0 Å². The van der Waals surface area contributed by atoms with Gasteiger partial charge in [-0.05, 0) is 47.9 Å². The van der Waals surface area contributed by atoms with Crippen molar-refractivity contribution in [2.45, 2.75) is 19.4 Å². The third kappa shape index (κ3) is 3.26. The molecule has 0 spiro atoms. The summed E-state index contributed by atoms with van der Waals surface area (Å²) in [5.74, 6) is 0.460. The van der Waals surface area contributed by atoms with Crippen molar-refractivity contribution in [3.05, 3.63) is 20.8 Å². The van der Waals surface area contributed by atoms with Crippen LogP contribution in [0.25, 0.3) is 0 Å². The number of rotatable bonds is 3. The lowest BCUT2D eigenvalue weighted by molar-refractivity contribution is 0.204. The van der Waals surface area contributed by atoms with E-state index in [1.165, 1.54) is 9.35 Å². The second-order valence-corrected chi connectivity index (χ2v) is 6.57. The fraction of sp³-hybridized carbons (Fsp3) is 0.545. The van der Waals surface area contributed by atoms with Crippen LogP contribution in [0.15, 0.2) is 15.9 Å². The summed E-state index contributed by atoms with van der Waals surface area (Å²) in [7, 11) is 0. The summed E-state index contributed by atoms with van der Waals surface area (Å²) in [6.07, 6.45) is 2.23. The van der Waals surface area contributed by atoms with Crippen LogP contribution in [0, 0.1) is 5.92 Å². The van der Waals surface area contributed by atoms with Gasteiger partial charge < -0.3 is 5.73 Å². The molecule has 2 heterocycles. The highest BCUT2D eigenvalue weighted by molar-refractivity contribution is 9.10. The normalized spacial score (nSPS) is 18.8. The number of nitrogens with two attached hydrogens (primary N) is 1. The Kier molecular flexibility index (Phi) is 4.35.